The highest BCUT2D eigenvalue weighted by molar-refractivity contribution is 6.08. The van der Waals surface area contributed by atoms with Gasteiger partial charge in [0, 0.05) is 5.56 Å². The quantitative estimate of drug-likeness (QED) is 0.280. The minimum absolute atomic E-state index is 0.0861. The molecule has 1 fully saturated rings. The van der Waals surface area contributed by atoms with E-state index >= 15 is 0 Å². The molecule has 2 bridgehead atoms. The zero-order valence-electron chi connectivity index (χ0n) is 16.3. The molecule has 4 unspecified atom stereocenters. The third kappa shape index (κ3) is 3.38. The lowest BCUT2D eigenvalue weighted by Gasteiger charge is -2.31. The number of carbonyl (C=O) groups excluding carboxylic acids is 1. The summed E-state index contributed by atoms with van der Waals surface area (Å²) in [6, 6.07) is 30.9. The Morgan fingerprint density at radius 3 is 1.90 bits per heavy atom. The van der Waals surface area contributed by atoms with Gasteiger partial charge >= 0.3 is 0 Å². The van der Waals surface area contributed by atoms with Crippen molar-refractivity contribution in [3.63, 3.8) is 0 Å². The second-order valence-electron chi connectivity index (χ2n) is 8.11. The number of hydrogen-bond acceptors (Lipinski definition) is 1. The average Bonchev–Trinajstić information content (AvgIpc) is 3.41. The molecule has 142 valence electrons. The lowest BCUT2D eigenvalue weighted by atomic mass is 9.72. The number of rotatable bonds is 5. The molecular weight excluding hydrogens is 352 g/mol. The van der Waals surface area contributed by atoms with Crippen molar-refractivity contribution < 1.29 is 4.79 Å². The Morgan fingerprint density at radius 2 is 1.24 bits per heavy atom. The van der Waals surface area contributed by atoms with Gasteiger partial charge in [0.2, 0.25) is 0 Å². The molecule has 1 nitrogen and oxygen atoms in total. The van der Waals surface area contributed by atoms with Crippen LogP contribution in [0.3, 0.4) is 0 Å². The zero-order valence-corrected chi connectivity index (χ0v) is 16.3. The third-order valence-electron chi connectivity index (χ3n) is 6.45. The number of fused-ring (bicyclic) bond motifs is 2. The van der Waals surface area contributed by atoms with Gasteiger partial charge in [0.1, 0.15) is 0 Å². The van der Waals surface area contributed by atoms with Crippen molar-refractivity contribution in [1.29, 1.82) is 0 Å². The summed E-state index contributed by atoms with van der Waals surface area (Å²) in [5, 5.41) is 0. The fourth-order valence-electron chi connectivity index (χ4n) is 5.21. The van der Waals surface area contributed by atoms with E-state index in [2.05, 4.69) is 66.7 Å². The predicted molar refractivity (Wildman–Crippen MR) is 119 cm³/mol. The van der Waals surface area contributed by atoms with Gasteiger partial charge < -0.3 is 0 Å². The monoisotopic (exact) mass is 376 g/mol. The highest BCUT2D eigenvalue weighted by Crippen LogP contribution is 2.57. The number of ketones is 1. The molecule has 2 aliphatic rings. The van der Waals surface area contributed by atoms with E-state index in [9.17, 15) is 4.79 Å². The molecule has 3 aromatic carbocycles. The van der Waals surface area contributed by atoms with Gasteiger partial charge in [0.05, 0.1) is 0 Å². The van der Waals surface area contributed by atoms with Crippen LogP contribution in [0.5, 0.6) is 0 Å². The van der Waals surface area contributed by atoms with Crippen LogP contribution in [0.15, 0.2) is 109 Å². The molecule has 29 heavy (non-hydrogen) atoms. The van der Waals surface area contributed by atoms with Gasteiger partial charge in [-0.3, -0.25) is 4.79 Å². The van der Waals surface area contributed by atoms with Crippen molar-refractivity contribution in [2.24, 2.45) is 17.8 Å². The molecule has 0 heterocycles. The first kappa shape index (κ1) is 17.9. The summed E-state index contributed by atoms with van der Waals surface area (Å²) >= 11 is 0. The second kappa shape index (κ2) is 7.67. The summed E-state index contributed by atoms with van der Waals surface area (Å²) in [6.07, 6.45) is 7.84. The summed E-state index contributed by atoms with van der Waals surface area (Å²) in [5.74, 6) is 1.86. The molecular formula is C28H24O. The van der Waals surface area contributed by atoms with Crippen LogP contribution < -0.4 is 0 Å². The standard InChI is InChI=1S/C28H24O/c29-26(21-12-6-2-7-13-21)19-25(20-10-4-1-5-11-20)28-24-17-16-23(18-24)27(28)22-14-8-3-9-15-22/h1-17,19,23-24,27-28H,18H2. The van der Waals surface area contributed by atoms with Crippen LogP contribution in [0.2, 0.25) is 0 Å². The summed E-state index contributed by atoms with van der Waals surface area (Å²) in [4.78, 5) is 13.1. The number of allylic oxidation sites excluding steroid dienone is 4. The molecule has 5 rings (SSSR count). The Morgan fingerprint density at radius 1 is 0.690 bits per heavy atom. The van der Waals surface area contributed by atoms with Gasteiger partial charge in [-0.25, -0.2) is 0 Å². The predicted octanol–water partition coefficient (Wildman–Crippen LogP) is 6.56. The van der Waals surface area contributed by atoms with Crippen LogP contribution in [0, 0.1) is 17.8 Å². The van der Waals surface area contributed by atoms with E-state index in [0.717, 1.165) is 11.1 Å². The third-order valence-corrected chi connectivity index (χ3v) is 6.45. The molecule has 0 spiro atoms. The van der Waals surface area contributed by atoms with Gasteiger partial charge in [0.25, 0.3) is 0 Å². The molecule has 0 saturated heterocycles. The van der Waals surface area contributed by atoms with E-state index in [-0.39, 0.29) is 5.78 Å². The Labute approximate surface area is 172 Å². The molecule has 0 N–H and O–H groups in total. The van der Waals surface area contributed by atoms with Crippen molar-refractivity contribution >= 4 is 11.4 Å². The Bertz CT molecular complexity index is 1050. The summed E-state index contributed by atoms with van der Waals surface area (Å²) in [5.41, 5.74) is 4.45. The molecule has 4 atom stereocenters. The number of benzene rings is 3. The van der Waals surface area contributed by atoms with Gasteiger partial charge in [-0.1, -0.05) is 103 Å². The Hall–Kier alpha value is -3.19. The van der Waals surface area contributed by atoms with E-state index in [1.165, 1.54) is 17.6 Å². The van der Waals surface area contributed by atoms with Crippen molar-refractivity contribution in [3.8, 4) is 0 Å². The molecule has 0 radical (unpaired) electrons. The van der Waals surface area contributed by atoms with Gasteiger partial charge in [0.15, 0.2) is 5.78 Å². The van der Waals surface area contributed by atoms with E-state index in [0.29, 0.717) is 23.7 Å². The lowest BCUT2D eigenvalue weighted by molar-refractivity contribution is 0.104. The minimum Gasteiger partial charge on any atom is -0.289 e. The van der Waals surface area contributed by atoms with Gasteiger partial charge in [-0.2, -0.15) is 0 Å². The highest BCUT2D eigenvalue weighted by atomic mass is 16.1. The largest absolute Gasteiger partial charge is 0.289 e. The maximum atomic E-state index is 13.1. The average molecular weight is 376 g/mol. The fraction of sp³-hybridized carbons (Fsp3) is 0.179. The molecule has 0 aromatic heterocycles. The fourth-order valence-corrected chi connectivity index (χ4v) is 5.21. The van der Waals surface area contributed by atoms with Crippen LogP contribution in [0.1, 0.15) is 33.8 Å². The van der Waals surface area contributed by atoms with E-state index in [4.69, 9.17) is 0 Å². The van der Waals surface area contributed by atoms with E-state index in [1.807, 2.05) is 42.5 Å². The first-order chi connectivity index (χ1) is 14.3. The van der Waals surface area contributed by atoms with E-state index < -0.39 is 0 Å². The van der Waals surface area contributed by atoms with Crippen molar-refractivity contribution in [2.45, 2.75) is 12.3 Å². The molecule has 3 aromatic rings. The van der Waals surface area contributed by atoms with E-state index in [1.54, 1.807) is 0 Å². The highest BCUT2D eigenvalue weighted by Gasteiger charge is 2.46. The summed E-state index contributed by atoms with van der Waals surface area (Å²) in [6.45, 7) is 0. The maximum absolute atomic E-state index is 13.1. The topological polar surface area (TPSA) is 17.1 Å². The molecule has 1 saturated carbocycles. The van der Waals surface area contributed by atoms with Crippen LogP contribution in [0.4, 0.5) is 0 Å². The summed E-state index contributed by atoms with van der Waals surface area (Å²) < 4.78 is 0. The minimum atomic E-state index is 0.0861. The second-order valence-corrected chi connectivity index (χ2v) is 8.11. The molecule has 0 amide bonds. The van der Waals surface area contributed by atoms with Crippen molar-refractivity contribution in [3.05, 3.63) is 126 Å². The number of hydrogen-bond donors (Lipinski definition) is 0. The first-order valence-electron chi connectivity index (χ1n) is 10.4. The van der Waals surface area contributed by atoms with Crippen LogP contribution in [-0.4, -0.2) is 5.78 Å². The lowest BCUT2D eigenvalue weighted by Crippen LogP contribution is -2.20. The first-order valence-corrected chi connectivity index (χ1v) is 10.4. The smallest absolute Gasteiger partial charge is 0.186 e. The SMILES string of the molecule is O=C(C=C(c1ccccc1)C1C2C=CC(C2)C1c1ccccc1)c1ccccc1. The van der Waals surface area contributed by atoms with Gasteiger partial charge in [-0.05, 0) is 52.9 Å². The molecule has 1 heteroatoms. The molecule has 2 aliphatic carbocycles. The molecule has 0 aliphatic heterocycles. The van der Waals surface area contributed by atoms with Crippen LogP contribution >= 0.6 is 0 Å². The van der Waals surface area contributed by atoms with Crippen LogP contribution in [-0.2, 0) is 0 Å². The normalized spacial score (nSPS) is 25.3. The van der Waals surface area contributed by atoms with Crippen molar-refractivity contribution in [2.75, 3.05) is 0 Å². The van der Waals surface area contributed by atoms with Crippen molar-refractivity contribution in [1.82, 2.24) is 0 Å². The maximum Gasteiger partial charge on any atom is 0.186 e. The van der Waals surface area contributed by atoms with Crippen LogP contribution in [0.25, 0.3) is 5.57 Å². The Kier molecular flexibility index (Phi) is 4.73. The number of carbonyl (C=O) groups is 1. The summed E-state index contributed by atoms with van der Waals surface area (Å²) in [7, 11) is 0. The van der Waals surface area contributed by atoms with Gasteiger partial charge in [-0.15, -0.1) is 0 Å². The zero-order chi connectivity index (χ0) is 19.6. The Balaban J connectivity index is 1.62.